The van der Waals surface area contributed by atoms with Gasteiger partial charge in [-0.25, -0.2) is 9.97 Å². The molecule has 0 aliphatic carbocycles. The van der Waals surface area contributed by atoms with Gasteiger partial charge in [0.15, 0.2) is 0 Å². The van der Waals surface area contributed by atoms with Crippen LogP contribution in [0.3, 0.4) is 0 Å². The van der Waals surface area contributed by atoms with Crippen molar-refractivity contribution in [3.63, 3.8) is 0 Å². The number of nitro groups is 1. The molecule has 7 heteroatoms. The van der Waals surface area contributed by atoms with E-state index in [0.29, 0.717) is 6.54 Å². The quantitative estimate of drug-likeness (QED) is 0.404. The van der Waals surface area contributed by atoms with Crippen LogP contribution in [0.4, 0.5) is 17.2 Å². The Morgan fingerprint density at radius 3 is 2.65 bits per heavy atom. The molecule has 0 amide bonds. The highest BCUT2D eigenvalue weighted by Crippen LogP contribution is 2.37. The van der Waals surface area contributed by atoms with Crippen LogP contribution in [0.2, 0.25) is 5.15 Å². The van der Waals surface area contributed by atoms with Crippen LogP contribution in [0.25, 0.3) is 10.8 Å². The number of rotatable bonds is 4. The minimum absolute atomic E-state index is 0.168. The second-order valence-corrected chi connectivity index (χ2v) is 5.19. The van der Waals surface area contributed by atoms with Crippen molar-refractivity contribution in [2.24, 2.45) is 0 Å². The van der Waals surface area contributed by atoms with Crippen LogP contribution in [-0.2, 0) is 0 Å². The van der Waals surface area contributed by atoms with Crippen molar-refractivity contribution in [2.45, 2.75) is 6.92 Å². The lowest BCUT2D eigenvalue weighted by molar-refractivity contribution is -0.384. The van der Waals surface area contributed by atoms with E-state index in [1.165, 1.54) is 6.33 Å². The summed E-state index contributed by atoms with van der Waals surface area (Å²) in [6.45, 7) is 2.41. The third-order valence-electron chi connectivity index (χ3n) is 3.57. The first-order chi connectivity index (χ1) is 11.1. The zero-order valence-corrected chi connectivity index (χ0v) is 13.1. The molecule has 3 aromatic rings. The van der Waals surface area contributed by atoms with Gasteiger partial charge in [0.25, 0.3) is 0 Å². The SMILES string of the molecule is CCN(c1ncnc(Cl)c1[N+](=O)[O-])c1cccc2ccccc12. The maximum Gasteiger partial charge on any atom is 0.348 e. The molecule has 1 aromatic heterocycles. The molecule has 6 nitrogen and oxygen atoms in total. The lowest BCUT2D eigenvalue weighted by atomic mass is 10.1. The molecule has 0 aliphatic rings. The highest BCUT2D eigenvalue weighted by atomic mass is 35.5. The van der Waals surface area contributed by atoms with E-state index in [1.54, 1.807) is 4.90 Å². The Balaban J connectivity index is 2.25. The molecule has 0 fully saturated rings. The fourth-order valence-corrected chi connectivity index (χ4v) is 2.78. The second-order valence-electron chi connectivity index (χ2n) is 4.84. The lowest BCUT2D eigenvalue weighted by Gasteiger charge is -2.23. The van der Waals surface area contributed by atoms with Crippen molar-refractivity contribution in [2.75, 3.05) is 11.4 Å². The maximum absolute atomic E-state index is 11.4. The average molecular weight is 329 g/mol. The van der Waals surface area contributed by atoms with Crippen LogP contribution in [0.15, 0.2) is 48.8 Å². The predicted molar refractivity (Wildman–Crippen MR) is 90.3 cm³/mol. The van der Waals surface area contributed by atoms with E-state index in [0.717, 1.165) is 16.5 Å². The third kappa shape index (κ3) is 2.68. The van der Waals surface area contributed by atoms with Crippen LogP contribution in [0, 0.1) is 10.1 Å². The number of anilines is 2. The molecule has 116 valence electrons. The van der Waals surface area contributed by atoms with Gasteiger partial charge in [-0.1, -0.05) is 48.0 Å². The van der Waals surface area contributed by atoms with Gasteiger partial charge >= 0.3 is 5.69 Å². The van der Waals surface area contributed by atoms with Gasteiger partial charge in [-0.05, 0) is 18.4 Å². The molecule has 0 saturated heterocycles. The van der Waals surface area contributed by atoms with Crippen LogP contribution in [0.1, 0.15) is 6.92 Å². The molecular weight excluding hydrogens is 316 g/mol. The third-order valence-corrected chi connectivity index (χ3v) is 3.85. The first kappa shape index (κ1) is 15.2. The zero-order chi connectivity index (χ0) is 16.4. The number of hydrogen-bond acceptors (Lipinski definition) is 5. The van der Waals surface area contributed by atoms with E-state index in [4.69, 9.17) is 11.6 Å². The molecule has 2 aromatic carbocycles. The molecule has 3 rings (SSSR count). The van der Waals surface area contributed by atoms with E-state index in [-0.39, 0.29) is 16.7 Å². The minimum Gasteiger partial charge on any atom is -0.320 e. The molecule has 0 bridgehead atoms. The molecule has 0 aliphatic heterocycles. The summed E-state index contributed by atoms with van der Waals surface area (Å²) in [4.78, 5) is 20.4. The van der Waals surface area contributed by atoms with Gasteiger partial charge in [-0.3, -0.25) is 10.1 Å². The molecule has 0 N–H and O–H groups in total. The van der Waals surface area contributed by atoms with E-state index in [1.807, 2.05) is 49.4 Å². The summed E-state index contributed by atoms with van der Waals surface area (Å²) in [5, 5.41) is 13.2. The number of benzene rings is 2. The fraction of sp³-hybridized carbons (Fsp3) is 0.125. The number of aromatic nitrogens is 2. The number of hydrogen-bond donors (Lipinski definition) is 0. The molecular formula is C16H13ClN4O2. The first-order valence-corrected chi connectivity index (χ1v) is 7.41. The molecule has 23 heavy (non-hydrogen) atoms. The van der Waals surface area contributed by atoms with E-state index in [2.05, 4.69) is 9.97 Å². The van der Waals surface area contributed by atoms with E-state index in [9.17, 15) is 10.1 Å². The Morgan fingerprint density at radius 1 is 1.17 bits per heavy atom. The molecule has 0 atom stereocenters. The summed E-state index contributed by atoms with van der Waals surface area (Å²) in [5.74, 6) is 0.189. The Kier molecular flexibility index (Phi) is 4.08. The Morgan fingerprint density at radius 2 is 1.91 bits per heavy atom. The van der Waals surface area contributed by atoms with Gasteiger partial charge in [-0.15, -0.1) is 0 Å². The standard InChI is InChI=1S/C16H13ClN4O2/c1-2-20(16-14(21(22)23)15(17)18-10-19-16)13-9-5-7-11-6-3-4-8-12(11)13/h3-10H,2H2,1H3. The summed E-state index contributed by atoms with van der Waals surface area (Å²) < 4.78 is 0. The van der Waals surface area contributed by atoms with Crippen molar-refractivity contribution >= 4 is 39.6 Å². The van der Waals surface area contributed by atoms with Crippen molar-refractivity contribution in [3.05, 3.63) is 64.1 Å². The van der Waals surface area contributed by atoms with Crippen LogP contribution in [0.5, 0.6) is 0 Å². The van der Waals surface area contributed by atoms with Crippen LogP contribution in [-0.4, -0.2) is 21.4 Å². The van der Waals surface area contributed by atoms with E-state index >= 15 is 0 Å². The first-order valence-electron chi connectivity index (χ1n) is 7.03. The molecule has 0 unspecified atom stereocenters. The van der Waals surface area contributed by atoms with Gasteiger partial charge in [0.05, 0.1) is 10.6 Å². The van der Waals surface area contributed by atoms with E-state index < -0.39 is 4.92 Å². The zero-order valence-electron chi connectivity index (χ0n) is 12.3. The van der Waals surface area contributed by atoms with Crippen molar-refractivity contribution in [3.8, 4) is 0 Å². The minimum atomic E-state index is -0.550. The Hall–Kier alpha value is -2.73. The molecule has 0 saturated carbocycles. The molecule has 0 radical (unpaired) electrons. The summed E-state index contributed by atoms with van der Waals surface area (Å²) in [5.41, 5.74) is 0.549. The Labute approximate surface area is 137 Å². The van der Waals surface area contributed by atoms with Gasteiger partial charge in [0, 0.05) is 11.9 Å². The number of halogens is 1. The molecule has 1 heterocycles. The van der Waals surface area contributed by atoms with Crippen LogP contribution >= 0.6 is 11.6 Å². The van der Waals surface area contributed by atoms with Crippen molar-refractivity contribution < 1.29 is 4.92 Å². The summed E-state index contributed by atoms with van der Waals surface area (Å²) in [6.07, 6.45) is 1.23. The summed E-state index contributed by atoms with van der Waals surface area (Å²) in [7, 11) is 0. The number of nitrogens with zero attached hydrogens (tertiary/aromatic N) is 4. The average Bonchev–Trinajstić information content (AvgIpc) is 2.55. The second kappa shape index (κ2) is 6.18. The van der Waals surface area contributed by atoms with Crippen LogP contribution < -0.4 is 4.90 Å². The smallest absolute Gasteiger partial charge is 0.320 e. The van der Waals surface area contributed by atoms with Gasteiger partial charge in [-0.2, -0.15) is 0 Å². The maximum atomic E-state index is 11.4. The van der Waals surface area contributed by atoms with Gasteiger partial charge in [0.2, 0.25) is 11.0 Å². The molecule has 0 spiro atoms. The highest BCUT2D eigenvalue weighted by Gasteiger charge is 2.26. The Bertz CT molecular complexity index is 880. The summed E-state index contributed by atoms with van der Waals surface area (Å²) >= 11 is 5.91. The lowest BCUT2D eigenvalue weighted by Crippen LogP contribution is -2.19. The highest BCUT2D eigenvalue weighted by molar-refractivity contribution is 6.32. The normalized spacial score (nSPS) is 10.7. The topological polar surface area (TPSA) is 72.2 Å². The summed E-state index contributed by atoms with van der Waals surface area (Å²) in [6, 6.07) is 13.7. The van der Waals surface area contributed by atoms with Gasteiger partial charge < -0.3 is 4.90 Å². The monoisotopic (exact) mass is 328 g/mol. The van der Waals surface area contributed by atoms with Crippen molar-refractivity contribution in [1.82, 2.24) is 9.97 Å². The fourth-order valence-electron chi connectivity index (χ4n) is 2.58. The van der Waals surface area contributed by atoms with Crippen molar-refractivity contribution in [1.29, 1.82) is 0 Å². The van der Waals surface area contributed by atoms with Gasteiger partial charge in [0.1, 0.15) is 6.33 Å². The predicted octanol–water partition coefficient (Wildman–Crippen LogP) is 4.35. The largest absolute Gasteiger partial charge is 0.348 e. The number of fused-ring (bicyclic) bond motifs is 1.